The summed E-state index contributed by atoms with van der Waals surface area (Å²) in [6, 6.07) is 12.0. The molecule has 1 aliphatic heterocycles. The Morgan fingerprint density at radius 1 is 1.07 bits per heavy atom. The van der Waals surface area contributed by atoms with E-state index in [1.165, 1.54) is 0 Å². The molecule has 3 aromatic rings. The van der Waals surface area contributed by atoms with Crippen LogP contribution >= 0.6 is 0 Å². The van der Waals surface area contributed by atoms with Crippen LogP contribution in [0, 0.1) is 13.8 Å². The lowest BCUT2D eigenvalue weighted by Gasteiger charge is -2.34. The molecule has 4 rings (SSSR count). The van der Waals surface area contributed by atoms with E-state index >= 15 is 0 Å². The van der Waals surface area contributed by atoms with Crippen molar-refractivity contribution in [1.82, 2.24) is 19.6 Å². The Labute approximate surface area is 159 Å². The summed E-state index contributed by atoms with van der Waals surface area (Å²) in [5, 5.41) is 4.47. The number of aromatic nitrogens is 2. The van der Waals surface area contributed by atoms with Gasteiger partial charge in [-0.25, -0.2) is 4.68 Å². The monoisotopic (exact) mass is 364 g/mol. The molecule has 140 valence electrons. The Hall–Kier alpha value is -2.86. The number of aryl methyl sites for hydroxylation is 1. The van der Waals surface area contributed by atoms with Crippen molar-refractivity contribution in [2.45, 2.75) is 20.4 Å². The largest absolute Gasteiger partial charge is 0.468 e. The Morgan fingerprint density at radius 3 is 2.56 bits per heavy atom. The van der Waals surface area contributed by atoms with Crippen molar-refractivity contribution in [3.05, 3.63) is 71.4 Å². The van der Waals surface area contributed by atoms with Crippen LogP contribution in [0.25, 0.3) is 5.69 Å². The van der Waals surface area contributed by atoms with E-state index in [1.807, 2.05) is 46.8 Å². The SMILES string of the molecule is Cc1ccccc1-n1ncc(C(=O)N2CCN(Cc3ccco3)CC2)c1C. The highest BCUT2D eigenvalue weighted by molar-refractivity contribution is 5.95. The van der Waals surface area contributed by atoms with Gasteiger partial charge in [-0.15, -0.1) is 0 Å². The number of hydrogen-bond donors (Lipinski definition) is 0. The van der Waals surface area contributed by atoms with Crippen LogP contribution in [0.2, 0.25) is 0 Å². The highest BCUT2D eigenvalue weighted by Gasteiger charge is 2.25. The highest BCUT2D eigenvalue weighted by Crippen LogP contribution is 2.19. The predicted octanol–water partition coefficient (Wildman–Crippen LogP) is 3.04. The van der Waals surface area contributed by atoms with E-state index in [4.69, 9.17) is 4.42 Å². The van der Waals surface area contributed by atoms with E-state index in [0.717, 1.165) is 42.3 Å². The summed E-state index contributed by atoms with van der Waals surface area (Å²) in [5.74, 6) is 1.02. The van der Waals surface area contributed by atoms with Gasteiger partial charge in [0.1, 0.15) is 5.76 Å². The third kappa shape index (κ3) is 3.53. The minimum absolute atomic E-state index is 0.0602. The lowest BCUT2D eigenvalue weighted by Crippen LogP contribution is -2.48. The molecule has 1 aromatic carbocycles. The van der Waals surface area contributed by atoms with E-state index in [-0.39, 0.29) is 5.91 Å². The van der Waals surface area contributed by atoms with Gasteiger partial charge in [0, 0.05) is 26.2 Å². The Bertz CT molecular complexity index is 922. The van der Waals surface area contributed by atoms with Gasteiger partial charge in [-0.3, -0.25) is 9.69 Å². The molecule has 0 unspecified atom stereocenters. The maximum absolute atomic E-state index is 13.0. The van der Waals surface area contributed by atoms with Crippen molar-refractivity contribution in [2.75, 3.05) is 26.2 Å². The number of nitrogens with zero attached hydrogens (tertiary/aromatic N) is 4. The first-order valence-corrected chi connectivity index (χ1v) is 9.28. The van der Waals surface area contributed by atoms with E-state index in [2.05, 4.69) is 23.0 Å². The molecule has 1 amide bonds. The number of hydrogen-bond acceptors (Lipinski definition) is 4. The first-order valence-electron chi connectivity index (χ1n) is 9.28. The summed E-state index contributed by atoms with van der Waals surface area (Å²) >= 11 is 0. The molecule has 3 heterocycles. The van der Waals surface area contributed by atoms with Crippen LogP contribution < -0.4 is 0 Å². The van der Waals surface area contributed by atoms with Crippen molar-refractivity contribution < 1.29 is 9.21 Å². The minimum atomic E-state index is 0.0602. The van der Waals surface area contributed by atoms with Crippen LogP contribution in [0.15, 0.2) is 53.3 Å². The van der Waals surface area contributed by atoms with Gasteiger partial charge in [0.25, 0.3) is 5.91 Å². The van der Waals surface area contributed by atoms with E-state index in [1.54, 1.807) is 12.5 Å². The number of carbonyl (C=O) groups excluding carboxylic acids is 1. The summed E-state index contributed by atoms with van der Waals surface area (Å²) in [6.07, 6.45) is 3.39. The normalized spacial score (nSPS) is 15.3. The molecule has 0 saturated carbocycles. The van der Waals surface area contributed by atoms with Gasteiger partial charge in [-0.1, -0.05) is 18.2 Å². The number of para-hydroxylation sites is 1. The minimum Gasteiger partial charge on any atom is -0.468 e. The highest BCUT2D eigenvalue weighted by atomic mass is 16.3. The molecule has 0 radical (unpaired) electrons. The van der Waals surface area contributed by atoms with Gasteiger partial charge in [-0.05, 0) is 37.6 Å². The molecule has 0 bridgehead atoms. The van der Waals surface area contributed by atoms with Gasteiger partial charge in [0.2, 0.25) is 0 Å². The molecule has 6 nitrogen and oxygen atoms in total. The van der Waals surface area contributed by atoms with Crippen molar-refractivity contribution >= 4 is 5.91 Å². The van der Waals surface area contributed by atoms with Crippen molar-refractivity contribution in [2.24, 2.45) is 0 Å². The number of benzene rings is 1. The summed E-state index contributed by atoms with van der Waals surface area (Å²) in [6.45, 7) is 7.92. The fourth-order valence-corrected chi connectivity index (χ4v) is 3.57. The van der Waals surface area contributed by atoms with Crippen LogP contribution in [-0.4, -0.2) is 51.7 Å². The Balaban J connectivity index is 1.44. The summed E-state index contributed by atoms with van der Waals surface area (Å²) in [4.78, 5) is 17.2. The molecule has 0 atom stereocenters. The van der Waals surface area contributed by atoms with Gasteiger partial charge in [0.15, 0.2) is 0 Å². The standard InChI is InChI=1S/C21H24N4O2/c1-16-6-3-4-8-20(16)25-17(2)19(14-22-25)21(26)24-11-9-23(10-12-24)15-18-7-5-13-27-18/h3-8,13-14H,9-12,15H2,1-2H3. The quantitative estimate of drug-likeness (QED) is 0.714. The molecular weight excluding hydrogens is 340 g/mol. The van der Waals surface area contributed by atoms with Crippen LogP contribution in [-0.2, 0) is 6.54 Å². The van der Waals surface area contributed by atoms with Crippen molar-refractivity contribution in [3.63, 3.8) is 0 Å². The fourth-order valence-electron chi connectivity index (χ4n) is 3.57. The molecule has 0 spiro atoms. The topological polar surface area (TPSA) is 54.5 Å². The fraction of sp³-hybridized carbons (Fsp3) is 0.333. The number of furan rings is 1. The molecule has 0 N–H and O–H groups in total. The third-order valence-electron chi connectivity index (χ3n) is 5.20. The molecule has 1 fully saturated rings. The van der Waals surface area contributed by atoms with Crippen LogP contribution in [0.1, 0.15) is 27.4 Å². The molecule has 1 aliphatic rings. The zero-order valence-corrected chi connectivity index (χ0v) is 15.8. The van der Waals surface area contributed by atoms with Crippen LogP contribution in [0.5, 0.6) is 0 Å². The molecule has 2 aromatic heterocycles. The summed E-state index contributed by atoms with van der Waals surface area (Å²) < 4.78 is 7.27. The average Bonchev–Trinajstić information content (AvgIpc) is 3.32. The summed E-state index contributed by atoms with van der Waals surface area (Å²) in [7, 11) is 0. The molecular formula is C21H24N4O2. The number of amides is 1. The molecule has 6 heteroatoms. The zero-order chi connectivity index (χ0) is 18.8. The average molecular weight is 364 g/mol. The Morgan fingerprint density at radius 2 is 1.85 bits per heavy atom. The maximum atomic E-state index is 13.0. The predicted molar refractivity (Wildman–Crippen MR) is 103 cm³/mol. The lowest BCUT2D eigenvalue weighted by molar-refractivity contribution is 0.0619. The second-order valence-electron chi connectivity index (χ2n) is 6.99. The number of carbonyl (C=O) groups is 1. The van der Waals surface area contributed by atoms with Gasteiger partial charge in [0.05, 0.1) is 35.9 Å². The molecule has 1 saturated heterocycles. The van der Waals surface area contributed by atoms with Gasteiger partial charge >= 0.3 is 0 Å². The maximum Gasteiger partial charge on any atom is 0.257 e. The Kier molecular flexibility index (Phi) is 4.81. The van der Waals surface area contributed by atoms with E-state index < -0.39 is 0 Å². The van der Waals surface area contributed by atoms with Gasteiger partial charge < -0.3 is 9.32 Å². The molecule has 27 heavy (non-hydrogen) atoms. The lowest BCUT2D eigenvalue weighted by atomic mass is 10.1. The van der Waals surface area contributed by atoms with Crippen molar-refractivity contribution in [3.8, 4) is 5.69 Å². The second kappa shape index (κ2) is 7.40. The van der Waals surface area contributed by atoms with Crippen molar-refractivity contribution in [1.29, 1.82) is 0 Å². The first kappa shape index (κ1) is 17.5. The smallest absolute Gasteiger partial charge is 0.257 e. The second-order valence-corrected chi connectivity index (χ2v) is 6.99. The van der Waals surface area contributed by atoms with E-state index in [9.17, 15) is 4.79 Å². The third-order valence-corrected chi connectivity index (χ3v) is 5.20. The molecule has 0 aliphatic carbocycles. The number of rotatable bonds is 4. The van der Waals surface area contributed by atoms with Crippen LogP contribution in [0.3, 0.4) is 0 Å². The zero-order valence-electron chi connectivity index (χ0n) is 15.8. The van der Waals surface area contributed by atoms with Gasteiger partial charge in [-0.2, -0.15) is 5.10 Å². The first-order chi connectivity index (χ1) is 13.1. The number of piperazine rings is 1. The van der Waals surface area contributed by atoms with E-state index in [0.29, 0.717) is 18.7 Å². The van der Waals surface area contributed by atoms with Crippen LogP contribution in [0.4, 0.5) is 0 Å². The summed E-state index contributed by atoms with van der Waals surface area (Å²) in [5.41, 5.74) is 3.71.